The Bertz CT molecular complexity index is 900. The number of benzene rings is 1. The van der Waals surface area contributed by atoms with E-state index in [1.165, 1.54) is 23.5 Å². The summed E-state index contributed by atoms with van der Waals surface area (Å²) in [6.45, 7) is 0.821. The Hall–Kier alpha value is -1.97. The number of amides is 1. The lowest BCUT2D eigenvalue weighted by molar-refractivity contribution is -0.288. The average molecular weight is 497 g/mol. The molecular weight excluding hydrogens is 479 g/mol. The van der Waals surface area contributed by atoms with Gasteiger partial charge in [0.05, 0.1) is 13.2 Å². The zero-order valence-electron chi connectivity index (χ0n) is 16.3. The van der Waals surface area contributed by atoms with Crippen LogP contribution in [-0.4, -0.2) is 56.8 Å². The largest absolute Gasteiger partial charge is 0.449 e. The van der Waals surface area contributed by atoms with Crippen molar-refractivity contribution in [2.24, 2.45) is 0 Å². The van der Waals surface area contributed by atoms with Crippen LogP contribution in [0.4, 0.5) is 36.4 Å². The van der Waals surface area contributed by atoms with Crippen LogP contribution >= 0.6 is 0 Å². The van der Waals surface area contributed by atoms with E-state index >= 15 is 0 Å². The minimum atomic E-state index is -6.89. The molecule has 1 amide bonds. The molecule has 7 nitrogen and oxygen atoms in total. The molecule has 15 heteroatoms. The summed E-state index contributed by atoms with van der Waals surface area (Å²) in [6.07, 6.45) is -16.7. The highest BCUT2D eigenvalue weighted by Gasteiger charge is 2.73. The van der Waals surface area contributed by atoms with Gasteiger partial charge < -0.3 is 14.8 Å². The van der Waals surface area contributed by atoms with Gasteiger partial charge in [-0.1, -0.05) is 18.2 Å². The number of alkyl halides is 7. The lowest BCUT2D eigenvalue weighted by Crippen LogP contribution is -2.59. The summed E-state index contributed by atoms with van der Waals surface area (Å²) >= 11 is 0. The Morgan fingerprint density at radius 3 is 2.09 bits per heavy atom. The van der Waals surface area contributed by atoms with Gasteiger partial charge in [0.25, 0.3) is 5.91 Å². The normalized spacial score (nSPS) is 20.2. The van der Waals surface area contributed by atoms with Gasteiger partial charge in [-0.25, -0.2) is 4.39 Å². The number of rotatable bonds is 7. The number of halogens is 7. The monoisotopic (exact) mass is 497 g/mol. The van der Waals surface area contributed by atoms with Crippen molar-refractivity contribution in [3.63, 3.8) is 0 Å². The van der Waals surface area contributed by atoms with Crippen LogP contribution in [0.3, 0.4) is 0 Å². The standard InChI is InChI=1S/C17H18F7NO6S/c1-14(29-8-5-9-30-14)10-12(16(19,20)21)31-32(27,28)15(18,17(22,23)24)13(26)25-11-6-3-2-4-7-11/h2-4,6-7,12H,5,8-10H2,1H3,(H,25,26). The predicted octanol–water partition coefficient (Wildman–Crippen LogP) is 3.67. The highest BCUT2D eigenvalue weighted by molar-refractivity contribution is 7.89. The summed E-state index contributed by atoms with van der Waals surface area (Å²) < 4.78 is 133. The molecule has 182 valence electrons. The van der Waals surface area contributed by atoms with Gasteiger partial charge in [-0.3, -0.25) is 8.98 Å². The second kappa shape index (κ2) is 9.11. The molecular formula is C17H18F7NO6S. The van der Waals surface area contributed by atoms with Gasteiger partial charge in [0, 0.05) is 12.1 Å². The quantitative estimate of drug-likeness (QED) is 0.457. The number of nitrogens with one attached hydrogen (secondary N) is 1. The van der Waals surface area contributed by atoms with Crippen molar-refractivity contribution < 1.29 is 57.6 Å². The number of hydrogen-bond acceptors (Lipinski definition) is 6. The van der Waals surface area contributed by atoms with E-state index in [-0.39, 0.29) is 13.2 Å². The molecule has 0 aromatic heterocycles. The van der Waals surface area contributed by atoms with Crippen LogP contribution in [0, 0.1) is 0 Å². The van der Waals surface area contributed by atoms with E-state index in [1.54, 1.807) is 0 Å². The lowest BCUT2D eigenvalue weighted by Gasteiger charge is -2.37. The first-order valence-electron chi connectivity index (χ1n) is 8.91. The highest BCUT2D eigenvalue weighted by Crippen LogP contribution is 2.43. The van der Waals surface area contributed by atoms with Gasteiger partial charge in [-0.05, 0) is 25.5 Å². The lowest BCUT2D eigenvalue weighted by atomic mass is 10.1. The van der Waals surface area contributed by atoms with E-state index < -0.39 is 57.4 Å². The average Bonchev–Trinajstić information content (AvgIpc) is 2.66. The van der Waals surface area contributed by atoms with Crippen LogP contribution in [0.15, 0.2) is 30.3 Å². The maximum absolute atomic E-state index is 14.9. The van der Waals surface area contributed by atoms with Crippen LogP contribution in [0.1, 0.15) is 19.8 Å². The molecule has 1 aromatic carbocycles. The zero-order valence-corrected chi connectivity index (χ0v) is 17.1. The van der Waals surface area contributed by atoms with Crippen molar-refractivity contribution in [3.8, 4) is 0 Å². The van der Waals surface area contributed by atoms with Gasteiger partial charge in [0.2, 0.25) is 0 Å². The number of carbonyl (C=O) groups is 1. The minimum Gasteiger partial charge on any atom is -0.350 e. The molecule has 1 heterocycles. The van der Waals surface area contributed by atoms with E-state index in [2.05, 4.69) is 4.18 Å². The van der Waals surface area contributed by atoms with Crippen LogP contribution in [0.25, 0.3) is 0 Å². The van der Waals surface area contributed by atoms with Crippen LogP contribution in [0.5, 0.6) is 0 Å². The molecule has 0 aliphatic carbocycles. The fraction of sp³-hybridized carbons (Fsp3) is 0.588. The third kappa shape index (κ3) is 5.68. The molecule has 0 saturated carbocycles. The van der Waals surface area contributed by atoms with E-state index in [1.807, 2.05) is 0 Å². The van der Waals surface area contributed by atoms with Crippen molar-refractivity contribution in [2.45, 2.75) is 49.0 Å². The predicted molar refractivity (Wildman–Crippen MR) is 94.4 cm³/mol. The number of anilines is 1. The number of carbonyl (C=O) groups excluding carboxylic acids is 1. The van der Waals surface area contributed by atoms with Crippen molar-refractivity contribution in [1.82, 2.24) is 0 Å². The second-order valence-corrected chi connectivity index (χ2v) is 8.55. The van der Waals surface area contributed by atoms with Crippen LogP contribution < -0.4 is 5.32 Å². The molecule has 0 spiro atoms. The van der Waals surface area contributed by atoms with Crippen LogP contribution in [0.2, 0.25) is 0 Å². The third-order valence-corrected chi connectivity index (χ3v) is 5.89. The molecule has 0 bridgehead atoms. The molecule has 0 radical (unpaired) electrons. The Kier molecular flexibility index (Phi) is 7.48. The van der Waals surface area contributed by atoms with Crippen molar-refractivity contribution in [3.05, 3.63) is 30.3 Å². The van der Waals surface area contributed by atoms with E-state index in [0.717, 1.165) is 19.1 Å². The summed E-state index contributed by atoms with van der Waals surface area (Å²) in [7, 11) is -6.89. The molecule has 1 saturated heterocycles. The first-order chi connectivity index (χ1) is 14.5. The van der Waals surface area contributed by atoms with Gasteiger partial charge in [-0.15, -0.1) is 0 Å². The minimum absolute atomic E-state index is 0.0804. The van der Waals surface area contributed by atoms with Gasteiger partial charge in [0.1, 0.15) is 0 Å². The summed E-state index contributed by atoms with van der Waals surface area (Å²) in [5, 5.41) is -4.48. The maximum atomic E-state index is 14.9. The third-order valence-electron chi connectivity index (χ3n) is 4.30. The molecule has 2 rings (SSSR count). The SMILES string of the molecule is CC1(CC(OS(=O)(=O)C(F)(C(=O)Nc2ccccc2)C(F)(F)F)C(F)(F)F)OCCCO1. The second-order valence-electron chi connectivity index (χ2n) is 6.88. The topological polar surface area (TPSA) is 90.9 Å². The van der Waals surface area contributed by atoms with E-state index in [9.17, 15) is 43.9 Å². The molecule has 1 aliphatic rings. The Morgan fingerprint density at radius 2 is 1.62 bits per heavy atom. The molecule has 1 fully saturated rings. The fourth-order valence-corrected chi connectivity index (χ4v) is 3.85. The zero-order chi connectivity index (χ0) is 24.4. The Morgan fingerprint density at radius 1 is 1.09 bits per heavy atom. The van der Waals surface area contributed by atoms with Crippen LogP contribution in [-0.2, 0) is 28.6 Å². The highest BCUT2D eigenvalue weighted by atomic mass is 32.2. The Balaban J connectivity index is 2.39. The molecule has 1 N–H and O–H groups in total. The van der Waals surface area contributed by atoms with Gasteiger partial charge in [-0.2, -0.15) is 34.8 Å². The maximum Gasteiger partial charge on any atom is 0.449 e. The van der Waals surface area contributed by atoms with Crippen molar-refractivity contribution in [2.75, 3.05) is 18.5 Å². The number of hydrogen-bond donors (Lipinski definition) is 1. The number of para-hydroxylation sites is 1. The van der Waals surface area contributed by atoms with Crippen molar-refractivity contribution >= 4 is 21.7 Å². The number of ether oxygens (including phenoxy) is 2. The smallest absolute Gasteiger partial charge is 0.350 e. The van der Waals surface area contributed by atoms with Gasteiger partial charge in [0.15, 0.2) is 11.9 Å². The molecule has 32 heavy (non-hydrogen) atoms. The Labute approximate surface area is 177 Å². The molecule has 2 unspecified atom stereocenters. The summed E-state index contributed by atoms with van der Waals surface area (Å²) in [5.41, 5.74) is -0.442. The summed E-state index contributed by atoms with van der Waals surface area (Å²) in [6, 6.07) is 5.82. The van der Waals surface area contributed by atoms with E-state index in [0.29, 0.717) is 6.42 Å². The summed E-state index contributed by atoms with van der Waals surface area (Å²) in [4.78, 5) is 12.0. The molecule has 1 aliphatic heterocycles. The first-order valence-corrected chi connectivity index (χ1v) is 10.3. The fourth-order valence-electron chi connectivity index (χ4n) is 2.67. The first kappa shape index (κ1) is 26.3. The summed E-state index contributed by atoms with van der Waals surface area (Å²) in [5.74, 6) is -4.87. The molecule has 2 atom stereocenters. The van der Waals surface area contributed by atoms with Crippen molar-refractivity contribution in [1.29, 1.82) is 0 Å². The molecule has 1 aromatic rings. The van der Waals surface area contributed by atoms with E-state index in [4.69, 9.17) is 9.47 Å². The van der Waals surface area contributed by atoms with Gasteiger partial charge >= 0.3 is 27.5 Å².